The van der Waals surface area contributed by atoms with Crippen LogP contribution in [0, 0.1) is 0 Å². The first kappa shape index (κ1) is 17.6. The van der Waals surface area contributed by atoms with Gasteiger partial charge in [0.2, 0.25) is 0 Å². The molecule has 0 fully saturated rings. The number of aryl methyl sites for hydroxylation is 2. The molecule has 3 rings (SSSR count). The van der Waals surface area contributed by atoms with Gasteiger partial charge in [0.25, 0.3) is 5.91 Å². The molecule has 25 heavy (non-hydrogen) atoms. The van der Waals surface area contributed by atoms with Gasteiger partial charge in [-0.2, -0.15) is 5.10 Å². The number of nitrogens with two attached hydrogens (primary N) is 1. The molecule has 1 heterocycles. The summed E-state index contributed by atoms with van der Waals surface area (Å²) < 4.78 is 0. The highest BCUT2D eigenvalue weighted by atomic mass is 16.3. The summed E-state index contributed by atoms with van der Waals surface area (Å²) in [6.45, 7) is 2.14. The van der Waals surface area contributed by atoms with Crippen LogP contribution in [-0.4, -0.2) is 43.0 Å². The number of hydrogen-bond acceptors (Lipinski definition) is 5. The highest BCUT2D eigenvalue weighted by Gasteiger charge is 2.35. The summed E-state index contributed by atoms with van der Waals surface area (Å²) in [7, 11) is 1.73. The minimum atomic E-state index is -0.756. The number of carbonyl (C=O) groups excluding carboxylic acids is 1. The molecule has 1 aromatic carbocycles. The fraction of sp³-hybridized carbons (Fsp3) is 0.474. The lowest BCUT2D eigenvalue weighted by Gasteiger charge is -2.34. The van der Waals surface area contributed by atoms with Crippen LogP contribution >= 0.6 is 0 Å². The third-order valence-corrected chi connectivity index (χ3v) is 4.91. The molecule has 2 aliphatic rings. The Hall–Kier alpha value is -2.18. The third kappa shape index (κ3) is 3.19. The van der Waals surface area contributed by atoms with Gasteiger partial charge in [0, 0.05) is 19.2 Å². The number of fused-ring (bicyclic) bond motifs is 2. The van der Waals surface area contributed by atoms with E-state index in [0.29, 0.717) is 11.3 Å². The second-order valence-corrected chi connectivity index (χ2v) is 6.54. The zero-order chi connectivity index (χ0) is 18.0. The lowest BCUT2D eigenvalue weighted by molar-refractivity contribution is -0.115. The summed E-state index contributed by atoms with van der Waals surface area (Å²) in [4.78, 5) is 14.7. The van der Waals surface area contributed by atoms with Crippen molar-refractivity contribution in [2.24, 2.45) is 10.8 Å². The molecule has 1 unspecified atom stereocenters. The number of allylic oxidation sites excluding steroid dienone is 1. The Bertz CT molecular complexity index is 739. The van der Waals surface area contributed by atoms with Crippen LogP contribution in [0.4, 0.5) is 5.69 Å². The zero-order valence-corrected chi connectivity index (χ0v) is 14.9. The van der Waals surface area contributed by atoms with Gasteiger partial charge in [-0.15, -0.1) is 0 Å². The Balaban J connectivity index is 2.19. The molecule has 0 saturated heterocycles. The van der Waals surface area contributed by atoms with E-state index in [1.165, 1.54) is 24.0 Å². The lowest BCUT2D eigenvalue weighted by Crippen LogP contribution is -2.46. The Morgan fingerprint density at radius 1 is 1.36 bits per heavy atom. The Labute approximate surface area is 148 Å². The average Bonchev–Trinajstić information content (AvgIpc) is 2.63. The van der Waals surface area contributed by atoms with Crippen molar-refractivity contribution in [2.75, 3.05) is 25.0 Å². The molecule has 1 amide bonds. The summed E-state index contributed by atoms with van der Waals surface area (Å²) >= 11 is 0. The van der Waals surface area contributed by atoms with Crippen LogP contribution in [0.1, 0.15) is 36.5 Å². The first-order chi connectivity index (χ1) is 12.1. The minimum Gasteiger partial charge on any atom is -0.390 e. The van der Waals surface area contributed by atoms with Crippen molar-refractivity contribution in [3.05, 3.63) is 40.5 Å². The van der Waals surface area contributed by atoms with E-state index in [4.69, 9.17) is 5.73 Å². The molecule has 4 N–H and O–H groups in total. The number of hydrogen-bond donors (Lipinski definition) is 3. The highest BCUT2D eigenvalue weighted by Crippen LogP contribution is 2.36. The van der Waals surface area contributed by atoms with Crippen molar-refractivity contribution in [3.8, 4) is 0 Å². The van der Waals surface area contributed by atoms with Gasteiger partial charge in [-0.3, -0.25) is 4.79 Å². The maximum Gasteiger partial charge on any atom is 0.260 e. The van der Waals surface area contributed by atoms with Crippen LogP contribution in [0.15, 0.2) is 28.9 Å². The van der Waals surface area contributed by atoms with Crippen molar-refractivity contribution in [2.45, 2.75) is 38.7 Å². The number of amides is 1. The van der Waals surface area contributed by atoms with Gasteiger partial charge in [-0.1, -0.05) is 6.08 Å². The number of aliphatic hydroxyl groups is 1. The quantitative estimate of drug-likeness (QED) is 0.564. The molecule has 6 heteroatoms. The van der Waals surface area contributed by atoms with E-state index in [9.17, 15) is 9.90 Å². The maximum atomic E-state index is 13.0. The number of anilines is 1. The van der Waals surface area contributed by atoms with Crippen LogP contribution in [0.5, 0.6) is 0 Å². The molecular weight excluding hydrogens is 316 g/mol. The van der Waals surface area contributed by atoms with Gasteiger partial charge in [-0.05, 0) is 55.9 Å². The van der Waals surface area contributed by atoms with Gasteiger partial charge >= 0.3 is 0 Å². The molecule has 0 radical (unpaired) electrons. The first-order valence-electron chi connectivity index (χ1n) is 8.88. The van der Waals surface area contributed by atoms with Crippen molar-refractivity contribution in [1.29, 1.82) is 0 Å². The molecule has 134 valence electrons. The largest absolute Gasteiger partial charge is 0.390 e. The van der Waals surface area contributed by atoms with Gasteiger partial charge < -0.3 is 21.2 Å². The van der Waals surface area contributed by atoms with Gasteiger partial charge in [-0.25, -0.2) is 0 Å². The minimum absolute atomic E-state index is 0.118. The number of nitrogens with zero attached hydrogens (tertiary/aromatic N) is 2. The second kappa shape index (κ2) is 7.37. The molecule has 1 aromatic rings. The maximum absolute atomic E-state index is 13.0. The third-order valence-electron chi connectivity index (χ3n) is 4.91. The van der Waals surface area contributed by atoms with E-state index in [1.807, 2.05) is 6.92 Å². The molecular formula is C19H26N4O2. The molecule has 6 nitrogen and oxygen atoms in total. The standard InChI is InChI=1S/C19H26N4O2/c1-3-15-18(22-21-2)16-8-12-6-4-5-7-13(12)9-17(16)23(19(15)25)11-14(24)10-20/h3,8-9,14,21,24H,4-7,10-11,20H2,1-2H3/b15-3-,22-18+. The molecule has 1 aliphatic heterocycles. The SMILES string of the molecule is C/C=C1\C(=O)N(CC(O)CN)c2cc3c(cc2\C1=N\NC)CCCC3. The number of nitrogens with one attached hydrogen (secondary N) is 1. The molecule has 0 spiro atoms. The predicted octanol–water partition coefficient (Wildman–Crippen LogP) is 1.10. The first-order valence-corrected chi connectivity index (χ1v) is 8.88. The highest BCUT2D eigenvalue weighted by molar-refractivity contribution is 6.36. The molecule has 0 aromatic heterocycles. The van der Waals surface area contributed by atoms with Crippen molar-refractivity contribution in [3.63, 3.8) is 0 Å². The molecule has 0 saturated carbocycles. The van der Waals surface area contributed by atoms with E-state index in [-0.39, 0.29) is 19.0 Å². The number of carbonyl (C=O) groups is 1. The summed E-state index contributed by atoms with van der Waals surface area (Å²) in [5.74, 6) is -0.146. The lowest BCUT2D eigenvalue weighted by atomic mass is 9.85. The summed E-state index contributed by atoms with van der Waals surface area (Å²) in [6.07, 6.45) is 5.47. The topological polar surface area (TPSA) is 91.0 Å². The number of hydrazone groups is 1. The Morgan fingerprint density at radius 3 is 2.64 bits per heavy atom. The Morgan fingerprint density at radius 2 is 2.04 bits per heavy atom. The number of β-amino-alcohol motifs (C(OH)–C–C–N with tert-alkyl or cyclic N) is 1. The number of aliphatic hydroxyl groups excluding tert-OH is 1. The summed E-state index contributed by atoms with van der Waals surface area (Å²) in [5.41, 5.74) is 14.0. The van der Waals surface area contributed by atoms with Crippen molar-refractivity contribution >= 4 is 17.3 Å². The molecule has 0 bridgehead atoms. The normalized spacial score (nSPS) is 21.3. The van der Waals surface area contributed by atoms with Crippen LogP contribution in [0.25, 0.3) is 0 Å². The monoisotopic (exact) mass is 342 g/mol. The van der Waals surface area contributed by atoms with Crippen molar-refractivity contribution in [1.82, 2.24) is 5.43 Å². The number of benzene rings is 1. The molecule has 1 aliphatic carbocycles. The smallest absolute Gasteiger partial charge is 0.260 e. The van der Waals surface area contributed by atoms with Gasteiger partial charge in [0.05, 0.1) is 23.9 Å². The molecule has 1 atom stereocenters. The van der Waals surface area contributed by atoms with E-state index < -0.39 is 6.10 Å². The zero-order valence-electron chi connectivity index (χ0n) is 14.9. The van der Waals surface area contributed by atoms with E-state index in [1.54, 1.807) is 18.0 Å². The van der Waals surface area contributed by atoms with Crippen LogP contribution in [0.3, 0.4) is 0 Å². The fourth-order valence-electron chi connectivity index (χ4n) is 3.65. The summed E-state index contributed by atoms with van der Waals surface area (Å²) in [5, 5.41) is 14.4. The van der Waals surface area contributed by atoms with E-state index in [0.717, 1.165) is 24.1 Å². The van der Waals surface area contributed by atoms with E-state index in [2.05, 4.69) is 22.7 Å². The second-order valence-electron chi connectivity index (χ2n) is 6.54. The van der Waals surface area contributed by atoms with Crippen LogP contribution in [0.2, 0.25) is 0 Å². The van der Waals surface area contributed by atoms with Gasteiger partial charge in [0.1, 0.15) is 5.71 Å². The number of rotatable bonds is 4. The van der Waals surface area contributed by atoms with Crippen LogP contribution < -0.4 is 16.1 Å². The van der Waals surface area contributed by atoms with Crippen molar-refractivity contribution < 1.29 is 9.90 Å². The van der Waals surface area contributed by atoms with Gasteiger partial charge in [0.15, 0.2) is 0 Å². The average molecular weight is 342 g/mol. The summed E-state index contributed by atoms with van der Waals surface area (Å²) in [6, 6.07) is 4.26. The predicted molar refractivity (Wildman–Crippen MR) is 99.9 cm³/mol. The Kier molecular flexibility index (Phi) is 5.20. The fourth-order valence-corrected chi connectivity index (χ4v) is 3.65. The van der Waals surface area contributed by atoms with E-state index >= 15 is 0 Å². The van der Waals surface area contributed by atoms with Crippen LogP contribution in [-0.2, 0) is 17.6 Å².